The van der Waals surface area contributed by atoms with Crippen LogP contribution in [0.25, 0.3) is 5.57 Å². The maximum Gasteiger partial charge on any atom is 0.258 e. The summed E-state index contributed by atoms with van der Waals surface area (Å²) in [6.45, 7) is 8.09. The highest BCUT2D eigenvalue weighted by Gasteiger charge is 2.35. The molecule has 3 N–H and O–H groups in total. The summed E-state index contributed by atoms with van der Waals surface area (Å²) in [5.41, 5.74) is 3.24. The fraction of sp³-hybridized carbons (Fsp3) is 0.250. The molecule has 7 nitrogen and oxygen atoms in total. The molecule has 37 heavy (non-hydrogen) atoms. The third-order valence-corrected chi connectivity index (χ3v) is 6.90. The average Bonchev–Trinajstić information content (AvgIpc) is 2.91. The first-order valence-electron chi connectivity index (χ1n) is 11.4. The highest BCUT2D eigenvalue weighted by molar-refractivity contribution is 9.12. The molecule has 0 bridgehead atoms. The maximum atomic E-state index is 13.9. The van der Waals surface area contributed by atoms with E-state index in [1.54, 1.807) is 30.4 Å². The molecule has 0 radical (unpaired) electrons. The number of aromatic hydroxyl groups is 1. The number of aliphatic hydroxyl groups excluding tert-OH is 1. The quantitative estimate of drug-likeness (QED) is 0.144. The Balaban J connectivity index is 0.00000235. The number of phenols is 1. The van der Waals surface area contributed by atoms with Gasteiger partial charge in [0.15, 0.2) is 0 Å². The molecule has 2 aromatic rings. The molecule has 198 valence electrons. The fourth-order valence-electron chi connectivity index (χ4n) is 3.87. The molecule has 0 fully saturated rings. The molecule has 1 amide bonds. The van der Waals surface area contributed by atoms with Gasteiger partial charge in [-0.25, -0.2) is 0 Å². The lowest BCUT2D eigenvalue weighted by Gasteiger charge is -2.38. The van der Waals surface area contributed by atoms with Gasteiger partial charge in [-0.3, -0.25) is 4.79 Å². The van der Waals surface area contributed by atoms with Gasteiger partial charge in [0.05, 0.1) is 28.7 Å². The van der Waals surface area contributed by atoms with Crippen molar-refractivity contribution in [1.29, 1.82) is 0 Å². The number of carbonyl (C=O) groups excluding carboxylic acids is 1. The highest BCUT2D eigenvalue weighted by Crippen LogP contribution is 2.36. The van der Waals surface area contributed by atoms with Gasteiger partial charge in [0.1, 0.15) is 24.3 Å². The Morgan fingerprint density at radius 1 is 1.24 bits per heavy atom. The fourth-order valence-corrected chi connectivity index (χ4v) is 4.77. The number of methoxy groups -OCH3 is 2. The second kappa shape index (κ2) is 14.7. The van der Waals surface area contributed by atoms with Crippen LogP contribution in [0, 0.1) is 6.92 Å². The topological polar surface area (TPSA) is 91.3 Å². The Bertz CT molecular complexity index is 1180. The van der Waals surface area contributed by atoms with E-state index in [1.165, 1.54) is 7.11 Å². The first-order chi connectivity index (χ1) is 17.8. The van der Waals surface area contributed by atoms with Gasteiger partial charge >= 0.3 is 0 Å². The molecule has 3 rings (SSSR count). The van der Waals surface area contributed by atoms with Crippen molar-refractivity contribution in [2.45, 2.75) is 24.5 Å². The number of hydrogen-bond donors (Lipinski definition) is 4. The lowest BCUT2D eigenvalue weighted by atomic mass is 9.98. The summed E-state index contributed by atoms with van der Waals surface area (Å²) in [5, 5.41) is 23.4. The van der Waals surface area contributed by atoms with E-state index < -0.39 is 6.17 Å². The summed E-state index contributed by atoms with van der Waals surface area (Å²) in [5.74, 6) is 0.259. The number of nitrogens with zero attached hydrogens (tertiary/aromatic N) is 1. The van der Waals surface area contributed by atoms with Crippen LogP contribution in [0.2, 0.25) is 0 Å². The van der Waals surface area contributed by atoms with Crippen LogP contribution in [0.15, 0.2) is 88.6 Å². The van der Waals surface area contributed by atoms with Crippen molar-refractivity contribution in [3.63, 3.8) is 0 Å². The number of ether oxygens (including phenoxy) is 2. The number of phenolic OH excluding ortho intramolecular Hbond substituents is 1. The minimum atomic E-state index is -0.628. The second-order valence-corrected chi connectivity index (χ2v) is 9.18. The smallest absolute Gasteiger partial charge is 0.258 e. The van der Waals surface area contributed by atoms with E-state index in [9.17, 15) is 15.0 Å². The molecule has 1 unspecified atom stereocenters. The van der Waals surface area contributed by atoms with Crippen molar-refractivity contribution in [3.05, 3.63) is 100 Å². The number of rotatable bonds is 9. The normalized spacial score (nSPS) is 16.2. The van der Waals surface area contributed by atoms with Crippen LogP contribution in [-0.2, 0) is 20.8 Å². The Morgan fingerprint density at radius 2 is 1.92 bits per heavy atom. The SMILES string of the molecule is C=C.COC/C(OC)=C(Br)\C(=C/CO)C1NC=C(c2cc(C)cc(O)c2S)C(=O)N1Cc1ccccc1. The molecule has 1 heterocycles. The summed E-state index contributed by atoms with van der Waals surface area (Å²) in [6, 6.07) is 13.0. The van der Waals surface area contributed by atoms with Crippen molar-refractivity contribution in [2.75, 3.05) is 27.4 Å². The summed E-state index contributed by atoms with van der Waals surface area (Å²) in [4.78, 5) is 15.9. The van der Waals surface area contributed by atoms with Crippen LogP contribution in [0.3, 0.4) is 0 Å². The van der Waals surface area contributed by atoms with Crippen LogP contribution in [0.1, 0.15) is 16.7 Å². The number of halogens is 1. The van der Waals surface area contributed by atoms with Crippen LogP contribution in [0.4, 0.5) is 0 Å². The zero-order valence-corrected chi connectivity index (χ0v) is 23.7. The predicted molar refractivity (Wildman–Crippen MR) is 153 cm³/mol. The van der Waals surface area contributed by atoms with Gasteiger partial charge in [0.25, 0.3) is 5.91 Å². The van der Waals surface area contributed by atoms with Crippen LogP contribution in [-0.4, -0.2) is 54.6 Å². The Hall–Kier alpha value is -2.98. The average molecular weight is 590 g/mol. The number of aryl methyl sites for hydroxylation is 1. The van der Waals surface area contributed by atoms with Crippen LogP contribution < -0.4 is 5.32 Å². The van der Waals surface area contributed by atoms with E-state index in [4.69, 9.17) is 9.47 Å². The summed E-state index contributed by atoms with van der Waals surface area (Å²) in [7, 11) is 3.09. The van der Waals surface area contributed by atoms with E-state index >= 15 is 0 Å². The number of benzene rings is 2. The number of carbonyl (C=O) groups is 1. The molecular formula is C28H33BrN2O5S. The van der Waals surface area contributed by atoms with Crippen LogP contribution in [0.5, 0.6) is 5.75 Å². The third kappa shape index (κ3) is 7.29. The zero-order valence-electron chi connectivity index (χ0n) is 21.2. The van der Waals surface area contributed by atoms with E-state index in [-0.39, 0.29) is 24.9 Å². The van der Waals surface area contributed by atoms with Gasteiger partial charge in [-0.2, -0.15) is 0 Å². The van der Waals surface area contributed by atoms with Crippen molar-refractivity contribution in [2.24, 2.45) is 0 Å². The van der Waals surface area contributed by atoms with Gasteiger partial charge in [-0.1, -0.05) is 36.4 Å². The maximum absolute atomic E-state index is 13.9. The van der Waals surface area contributed by atoms with Crippen molar-refractivity contribution < 1.29 is 24.5 Å². The van der Waals surface area contributed by atoms with Crippen LogP contribution >= 0.6 is 28.6 Å². The first kappa shape index (κ1) is 30.2. The van der Waals surface area contributed by atoms with Crippen molar-refractivity contribution >= 4 is 40.0 Å². The first-order valence-corrected chi connectivity index (χ1v) is 12.6. The van der Waals surface area contributed by atoms with Crippen molar-refractivity contribution in [1.82, 2.24) is 10.2 Å². The second-order valence-electron chi connectivity index (χ2n) is 7.94. The molecule has 0 saturated carbocycles. The lowest BCUT2D eigenvalue weighted by Crippen LogP contribution is -2.51. The molecule has 0 aromatic heterocycles. The van der Waals surface area contributed by atoms with Gasteiger partial charge in [-0.05, 0) is 46.1 Å². The standard InChI is InChI=1S/C26H29BrN2O5S.C2H4/c1-16-11-19(24(35)21(31)12-16)20-13-28-25(18(9-10-30)23(27)22(34-3)15-33-2)29(26(20)32)14-17-7-5-4-6-8-17;1-2/h4-9,11-13,25,28,30-31,35H,10,14-15H2,1-3H3;1-2H2/b18-9+,23-22-;. The molecule has 0 aliphatic carbocycles. The molecule has 0 saturated heterocycles. The van der Waals surface area contributed by atoms with Gasteiger partial charge in [0, 0.05) is 31.0 Å². The van der Waals surface area contributed by atoms with Crippen molar-refractivity contribution in [3.8, 4) is 5.75 Å². The van der Waals surface area contributed by atoms with Gasteiger partial charge in [0.2, 0.25) is 0 Å². The summed E-state index contributed by atoms with van der Waals surface area (Å²) in [6.07, 6.45) is 2.61. The Kier molecular flexibility index (Phi) is 12.0. The molecule has 1 atom stereocenters. The van der Waals surface area contributed by atoms with E-state index in [1.807, 2.05) is 43.3 Å². The molecule has 1 aliphatic rings. The van der Waals surface area contributed by atoms with Gasteiger partial charge < -0.3 is 29.9 Å². The number of thiol groups is 1. The molecular weight excluding hydrogens is 556 g/mol. The molecule has 1 aliphatic heterocycles. The monoisotopic (exact) mass is 588 g/mol. The highest BCUT2D eigenvalue weighted by atomic mass is 79.9. The number of nitrogens with one attached hydrogen (secondary N) is 1. The van der Waals surface area contributed by atoms with E-state index in [0.717, 1.165) is 11.1 Å². The van der Waals surface area contributed by atoms with E-state index in [0.29, 0.717) is 38.4 Å². The molecule has 2 aromatic carbocycles. The molecule has 9 heteroatoms. The number of hydrogen-bond acceptors (Lipinski definition) is 7. The third-order valence-electron chi connectivity index (χ3n) is 5.53. The van der Waals surface area contributed by atoms with Gasteiger partial charge in [-0.15, -0.1) is 25.8 Å². The lowest BCUT2D eigenvalue weighted by molar-refractivity contribution is -0.128. The van der Waals surface area contributed by atoms with E-state index in [2.05, 4.69) is 47.0 Å². The predicted octanol–water partition coefficient (Wildman–Crippen LogP) is 4.91. The summed E-state index contributed by atoms with van der Waals surface area (Å²) >= 11 is 8.03. The summed E-state index contributed by atoms with van der Waals surface area (Å²) < 4.78 is 11.3. The largest absolute Gasteiger partial charge is 0.507 e. The molecule has 0 spiro atoms. The minimum Gasteiger partial charge on any atom is -0.507 e. The Morgan fingerprint density at radius 3 is 2.51 bits per heavy atom. The number of amides is 1. The zero-order chi connectivity index (χ0) is 27.5. The number of aliphatic hydroxyl groups is 1. The Labute approximate surface area is 232 Å². The minimum absolute atomic E-state index is 0.00427.